The summed E-state index contributed by atoms with van der Waals surface area (Å²) in [6.45, 7) is 1.93. The molecule has 0 fully saturated rings. The summed E-state index contributed by atoms with van der Waals surface area (Å²) in [4.78, 5) is 24.4. The summed E-state index contributed by atoms with van der Waals surface area (Å²) in [6.07, 6.45) is 0. The molecule has 8 nitrogen and oxygen atoms in total. The lowest BCUT2D eigenvalue weighted by Gasteiger charge is -2.14. The van der Waals surface area contributed by atoms with Crippen LogP contribution in [0, 0.1) is 6.92 Å². The van der Waals surface area contributed by atoms with Gasteiger partial charge in [-0.05, 0) is 61.0 Å². The number of carbonyl (C=O) groups excluding carboxylic acids is 2. The van der Waals surface area contributed by atoms with Gasteiger partial charge in [0.1, 0.15) is 5.75 Å². The molecule has 36 heavy (non-hydrogen) atoms. The van der Waals surface area contributed by atoms with Crippen molar-refractivity contribution in [2.45, 2.75) is 11.8 Å². The molecule has 3 aromatic rings. The number of ether oxygens (including phenoxy) is 1. The molecule has 0 saturated carbocycles. The molecule has 0 spiro atoms. The Bertz CT molecular complexity index is 1380. The second-order valence-electron chi connectivity index (χ2n) is 7.56. The minimum atomic E-state index is -4.02. The number of halogens is 2. The molecule has 2 amide bonds. The molecule has 3 N–H and O–H groups in total. The Hall–Kier alpha value is -2.92. The van der Waals surface area contributed by atoms with E-state index in [0.717, 1.165) is 17.3 Å². The van der Waals surface area contributed by atoms with Crippen LogP contribution in [0.2, 0.25) is 10.0 Å². The zero-order chi connectivity index (χ0) is 26.3. The molecular formula is C24H23Cl2N3O5S2. The van der Waals surface area contributed by atoms with Crippen molar-refractivity contribution in [3.63, 3.8) is 0 Å². The van der Waals surface area contributed by atoms with Crippen molar-refractivity contribution in [3.05, 3.63) is 76.3 Å². The Morgan fingerprint density at radius 2 is 1.56 bits per heavy atom. The van der Waals surface area contributed by atoms with Crippen LogP contribution in [0.5, 0.6) is 5.75 Å². The standard InChI is InChI=1S/C24H23Cl2N3O5S2/c1-15-4-3-5-16(10-15)27-23(30)13-35-14-24(31)28-17-6-9-22(34-2)21(11-17)29-36(32,33)18-7-8-19(25)20(26)12-18/h3-12,29H,13-14H2,1-2H3,(H,27,30)(H,28,31). The Kier molecular flexibility index (Phi) is 9.49. The van der Waals surface area contributed by atoms with Gasteiger partial charge < -0.3 is 15.4 Å². The van der Waals surface area contributed by atoms with E-state index in [4.69, 9.17) is 27.9 Å². The van der Waals surface area contributed by atoms with E-state index >= 15 is 0 Å². The van der Waals surface area contributed by atoms with Gasteiger partial charge in [-0.3, -0.25) is 14.3 Å². The van der Waals surface area contributed by atoms with Crippen LogP contribution in [0.15, 0.2) is 65.6 Å². The van der Waals surface area contributed by atoms with Gasteiger partial charge in [-0.15, -0.1) is 11.8 Å². The average molecular weight is 569 g/mol. The predicted molar refractivity (Wildman–Crippen MR) is 146 cm³/mol. The highest BCUT2D eigenvalue weighted by Gasteiger charge is 2.19. The lowest BCUT2D eigenvalue weighted by Crippen LogP contribution is -2.19. The first-order chi connectivity index (χ1) is 17.1. The van der Waals surface area contributed by atoms with Crippen molar-refractivity contribution < 1.29 is 22.7 Å². The van der Waals surface area contributed by atoms with Crippen LogP contribution in [0.4, 0.5) is 17.1 Å². The highest BCUT2D eigenvalue weighted by molar-refractivity contribution is 8.00. The van der Waals surface area contributed by atoms with Crippen molar-refractivity contribution in [1.82, 2.24) is 0 Å². The van der Waals surface area contributed by atoms with E-state index in [1.807, 2.05) is 25.1 Å². The topological polar surface area (TPSA) is 114 Å². The van der Waals surface area contributed by atoms with Gasteiger partial charge in [0.15, 0.2) is 0 Å². The van der Waals surface area contributed by atoms with Crippen molar-refractivity contribution in [3.8, 4) is 5.75 Å². The second kappa shape index (κ2) is 12.4. The maximum Gasteiger partial charge on any atom is 0.262 e. The number of aryl methyl sites for hydroxylation is 1. The van der Waals surface area contributed by atoms with E-state index < -0.39 is 10.0 Å². The first-order valence-corrected chi connectivity index (χ1v) is 13.9. The monoisotopic (exact) mass is 567 g/mol. The third-order valence-corrected chi connectivity index (χ3v) is 7.73. The lowest BCUT2D eigenvalue weighted by molar-refractivity contribution is -0.114. The summed E-state index contributed by atoms with van der Waals surface area (Å²) in [5.74, 6) is -0.205. The molecule has 12 heteroatoms. The Labute approximate surface area is 223 Å². The normalized spacial score (nSPS) is 11.0. The van der Waals surface area contributed by atoms with Crippen molar-refractivity contribution in [2.24, 2.45) is 0 Å². The average Bonchev–Trinajstić information content (AvgIpc) is 2.80. The van der Waals surface area contributed by atoms with Crippen molar-refractivity contribution in [1.29, 1.82) is 0 Å². The maximum atomic E-state index is 12.8. The van der Waals surface area contributed by atoms with E-state index in [9.17, 15) is 18.0 Å². The molecular weight excluding hydrogens is 545 g/mol. The van der Waals surface area contributed by atoms with Crippen LogP contribution in [0.3, 0.4) is 0 Å². The molecule has 0 radical (unpaired) electrons. The fraction of sp³-hybridized carbons (Fsp3) is 0.167. The number of benzene rings is 3. The van der Waals surface area contributed by atoms with E-state index in [1.54, 1.807) is 12.1 Å². The molecule has 0 saturated heterocycles. The van der Waals surface area contributed by atoms with E-state index in [0.29, 0.717) is 11.4 Å². The number of hydrogen-bond acceptors (Lipinski definition) is 6. The molecule has 3 aromatic carbocycles. The van der Waals surface area contributed by atoms with E-state index in [1.165, 1.54) is 37.4 Å². The fourth-order valence-electron chi connectivity index (χ4n) is 3.07. The quantitative estimate of drug-likeness (QED) is 0.301. The van der Waals surface area contributed by atoms with Gasteiger partial charge in [-0.25, -0.2) is 8.42 Å². The number of rotatable bonds is 10. The highest BCUT2D eigenvalue weighted by Crippen LogP contribution is 2.31. The van der Waals surface area contributed by atoms with Crippen LogP contribution in [-0.4, -0.2) is 38.8 Å². The van der Waals surface area contributed by atoms with E-state index in [2.05, 4.69) is 15.4 Å². The summed E-state index contributed by atoms with van der Waals surface area (Å²) in [5.41, 5.74) is 2.18. The first-order valence-electron chi connectivity index (χ1n) is 10.5. The summed E-state index contributed by atoms with van der Waals surface area (Å²) in [5, 5.41) is 5.79. The number of sulfonamides is 1. The van der Waals surface area contributed by atoms with Gasteiger partial charge in [-0.1, -0.05) is 35.3 Å². The highest BCUT2D eigenvalue weighted by atomic mass is 35.5. The smallest absolute Gasteiger partial charge is 0.262 e. The Balaban J connectivity index is 1.60. The molecule has 0 aliphatic heterocycles. The largest absolute Gasteiger partial charge is 0.495 e. The Morgan fingerprint density at radius 3 is 2.17 bits per heavy atom. The van der Waals surface area contributed by atoms with Crippen molar-refractivity contribution in [2.75, 3.05) is 34.0 Å². The fourth-order valence-corrected chi connectivity index (χ4v) is 5.13. The SMILES string of the molecule is COc1ccc(NC(=O)CSCC(=O)Nc2cccc(C)c2)cc1NS(=O)(=O)c1ccc(Cl)c(Cl)c1. The molecule has 0 heterocycles. The van der Waals surface area contributed by atoms with E-state index in [-0.39, 0.29) is 49.7 Å². The van der Waals surface area contributed by atoms with Crippen LogP contribution in [0.1, 0.15) is 5.56 Å². The summed E-state index contributed by atoms with van der Waals surface area (Å²) < 4.78 is 33.3. The summed E-state index contributed by atoms with van der Waals surface area (Å²) in [7, 11) is -2.63. The molecule has 190 valence electrons. The van der Waals surface area contributed by atoms with Gasteiger partial charge in [-0.2, -0.15) is 0 Å². The molecule has 3 rings (SSSR count). The molecule has 0 unspecified atom stereocenters. The summed E-state index contributed by atoms with van der Waals surface area (Å²) >= 11 is 13.0. The van der Waals surface area contributed by atoms with Crippen LogP contribution in [0.25, 0.3) is 0 Å². The second-order valence-corrected chi connectivity index (χ2v) is 11.0. The lowest BCUT2D eigenvalue weighted by atomic mass is 10.2. The zero-order valence-electron chi connectivity index (χ0n) is 19.3. The number of carbonyl (C=O) groups is 2. The van der Waals surface area contributed by atoms with Crippen LogP contribution in [-0.2, 0) is 19.6 Å². The minimum absolute atomic E-state index is 0.0254. The molecule has 0 aliphatic rings. The Morgan fingerprint density at radius 1 is 0.889 bits per heavy atom. The molecule has 0 atom stereocenters. The van der Waals surface area contributed by atoms with Gasteiger partial charge >= 0.3 is 0 Å². The van der Waals surface area contributed by atoms with Gasteiger partial charge in [0, 0.05) is 11.4 Å². The molecule has 0 aliphatic carbocycles. The number of amides is 2. The predicted octanol–water partition coefficient (Wildman–Crippen LogP) is 5.42. The van der Waals surface area contributed by atoms with Gasteiger partial charge in [0.25, 0.3) is 10.0 Å². The zero-order valence-corrected chi connectivity index (χ0v) is 22.4. The molecule has 0 bridgehead atoms. The number of hydrogen-bond donors (Lipinski definition) is 3. The van der Waals surface area contributed by atoms with Crippen LogP contribution < -0.4 is 20.1 Å². The minimum Gasteiger partial charge on any atom is -0.495 e. The molecule has 0 aromatic heterocycles. The third kappa shape index (κ3) is 7.79. The third-order valence-electron chi connectivity index (χ3n) is 4.70. The number of anilines is 3. The summed E-state index contributed by atoms with van der Waals surface area (Å²) in [6, 6.07) is 15.9. The first kappa shape index (κ1) is 27.7. The number of nitrogens with one attached hydrogen (secondary N) is 3. The van der Waals surface area contributed by atoms with Gasteiger partial charge in [0.2, 0.25) is 11.8 Å². The van der Waals surface area contributed by atoms with Gasteiger partial charge in [0.05, 0.1) is 39.2 Å². The number of thioether (sulfide) groups is 1. The van der Waals surface area contributed by atoms with Crippen molar-refractivity contribution >= 4 is 73.9 Å². The maximum absolute atomic E-state index is 12.8. The number of methoxy groups -OCH3 is 1. The van der Waals surface area contributed by atoms with Crippen LogP contribution >= 0.6 is 35.0 Å².